The lowest BCUT2D eigenvalue weighted by Crippen LogP contribution is -2.11. The molecular weight excluding hydrogens is 292 g/mol. The molecule has 0 amide bonds. The SMILES string of the molecule is Cc1ccc(S(=O)(=O)CCCn2ccnc2)cc1C(=O)O. The van der Waals surface area contributed by atoms with Crippen LogP contribution in [-0.2, 0) is 16.4 Å². The average molecular weight is 308 g/mol. The minimum absolute atomic E-state index is 0.0192. The Morgan fingerprint density at radius 1 is 1.38 bits per heavy atom. The monoisotopic (exact) mass is 308 g/mol. The van der Waals surface area contributed by atoms with Gasteiger partial charge in [-0.1, -0.05) is 6.07 Å². The van der Waals surface area contributed by atoms with Gasteiger partial charge in [0.2, 0.25) is 0 Å². The molecule has 0 aliphatic carbocycles. The molecule has 1 aromatic heterocycles. The van der Waals surface area contributed by atoms with Gasteiger partial charge in [-0.05, 0) is 31.0 Å². The zero-order chi connectivity index (χ0) is 15.5. The Morgan fingerprint density at radius 3 is 2.76 bits per heavy atom. The average Bonchev–Trinajstić information content (AvgIpc) is 2.91. The van der Waals surface area contributed by atoms with Gasteiger partial charge in [0.15, 0.2) is 9.84 Å². The number of aryl methyl sites for hydroxylation is 2. The summed E-state index contributed by atoms with van der Waals surface area (Å²) in [5, 5.41) is 9.05. The van der Waals surface area contributed by atoms with Crippen molar-refractivity contribution in [2.24, 2.45) is 0 Å². The van der Waals surface area contributed by atoms with Crippen LogP contribution in [-0.4, -0.2) is 34.8 Å². The Kier molecular flexibility index (Phi) is 4.42. The van der Waals surface area contributed by atoms with E-state index in [9.17, 15) is 13.2 Å². The maximum atomic E-state index is 12.2. The molecule has 0 spiro atoms. The van der Waals surface area contributed by atoms with Crippen LogP contribution in [0, 0.1) is 6.92 Å². The molecule has 2 aromatic rings. The molecule has 1 aromatic carbocycles. The molecule has 0 aliphatic heterocycles. The minimum atomic E-state index is -3.48. The highest BCUT2D eigenvalue weighted by Gasteiger charge is 2.17. The summed E-state index contributed by atoms with van der Waals surface area (Å²) in [5.74, 6) is -1.16. The van der Waals surface area contributed by atoms with E-state index in [1.807, 2.05) is 0 Å². The Bertz CT molecular complexity index is 736. The number of benzene rings is 1. The standard InChI is InChI=1S/C14H16N2O4S/c1-11-3-4-12(9-13(11)14(17)18)21(19,20)8-2-6-16-7-5-15-10-16/h3-5,7,9-10H,2,6,8H2,1H3,(H,17,18). The molecule has 1 N–H and O–H groups in total. The van der Waals surface area contributed by atoms with Crippen LogP contribution in [0.1, 0.15) is 22.3 Å². The molecule has 0 unspecified atom stereocenters. The topological polar surface area (TPSA) is 89.3 Å². The summed E-state index contributed by atoms with van der Waals surface area (Å²) < 4.78 is 26.3. The summed E-state index contributed by atoms with van der Waals surface area (Å²) in [6.45, 7) is 2.19. The van der Waals surface area contributed by atoms with E-state index in [1.165, 1.54) is 18.2 Å². The summed E-state index contributed by atoms with van der Waals surface area (Å²) in [5.41, 5.74) is 0.561. The summed E-state index contributed by atoms with van der Waals surface area (Å²) in [6, 6.07) is 4.20. The predicted octanol–water partition coefficient (Wildman–Crippen LogP) is 1.75. The Morgan fingerprint density at radius 2 is 2.14 bits per heavy atom. The highest BCUT2D eigenvalue weighted by atomic mass is 32.2. The summed E-state index contributed by atoms with van der Waals surface area (Å²) in [4.78, 5) is 15.0. The maximum absolute atomic E-state index is 12.2. The van der Waals surface area contributed by atoms with Crippen LogP contribution in [0.4, 0.5) is 0 Å². The van der Waals surface area contributed by atoms with Crippen LogP contribution in [0.25, 0.3) is 0 Å². The second-order valence-electron chi connectivity index (χ2n) is 4.75. The maximum Gasteiger partial charge on any atom is 0.335 e. The number of nitrogens with zero attached hydrogens (tertiary/aromatic N) is 2. The van der Waals surface area contributed by atoms with Gasteiger partial charge in [0.25, 0.3) is 0 Å². The van der Waals surface area contributed by atoms with Crippen molar-refractivity contribution < 1.29 is 18.3 Å². The highest BCUT2D eigenvalue weighted by molar-refractivity contribution is 7.91. The first-order valence-electron chi connectivity index (χ1n) is 6.42. The van der Waals surface area contributed by atoms with Gasteiger partial charge < -0.3 is 9.67 Å². The van der Waals surface area contributed by atoms with Crippen LogP contribution in [0.5, 0.6) is 0 Å². The lowest BCUT2D eigenvalue weighted by molar-refractivity contribution is 0.0696. The van der Waals surface area contributed by atoms with E-state index in [0.29, 0.717) is 18.5 Å². The molecule has 112 valence electrons. The van der Waals surface area contributed by atoms with Crippen molar-refractivity contribution in [1.29, 1.82) is 0 Å². The van der Waals surface area contributed by atoms with Gasteiger partial charge in [-0.25, -0.2) is 18.2 Å². The van der Waals surface area contributed by atoms with Gasteiger partial charge in [-0.3, -0.25) is 0 Å². The molecule has 0 fully saturated rings. The van der Waals surface area contributed by atoms with Crippen LogP contribution < -0.4 is 0 Å². The van der Waals surface area contributed by atoms with Crippen molar-refractivity contribution in [1.82, 2.24) is 9.55 Å². The third-order valence-electron chi connectivity index (χ3n) is 3.19. The van der Waals surface area contributed by atoms with Crippen LogP contribution >= 0.6 is 0 Å². The fourth-order valence-electron chi connectivity index (χ4n) is 2.00. The second-order valence-corrected chi connectivity index (χ2v) is 6.86. The van der Waals surface area contributed by atoms with Gasteiger partial charge in [-0.15, -0.1) is 0 Å². The molecule has 0 bridgehead atoms. The molecule has 0 atom stereocenters. The van der Waals surface area contributed by atoms with Crippen molar-refractivity contribution in [2.45, 2.75) is 24.8 Å². The zero-order valence-corrected chi connectivity index (χ0v) is 12.4. The van der Waals surface area contributed by atoms with E-state index in [1.54, 1.807) is 30.2 Å². The van der Waals surface area contributed by atoms with Crippen LogP contribution in [0.15, 0.2) is 41.8 Å². The molecule has 21 heavy (non-hydrogen) atoms. The third kappa shape index (κ3) is 3.69. The Hall–Kier alpha value is -2.15. The van der Waals surface area contributed by atoms with Gasteiger partial charge in [0.05, 0.1) is 22.5 Å². The normalized spacial score (nSPS) is 11.5. The number of aromatic nitrogens is 2. The van der Waals surface area contributed by atoms with Gasteiger partial charge >= 0.3 is 5.97 Å². The van der Waals surface area contributed by atoms with Gasteiger partial charge in [0, 0.05) is 18.9 Å². The molecule has 0 aliphatic rings. The van der Waals surface area contributed by atoms with Crippen molar-refractivity contribution in [3.8, 4) is 0 Å². The summed E-state index contributed by atoms with van der Waals surface area (Å²) >= 11 is 0. The number of hydrogen-bond donors (Lipinski definition) is 1. The largest absolute Gasteiger partial charge is 0.478 e. The third-order valence-corrected chi connectivity index (χ3v) is 4.99. The van der Waals surface area contributed by atoms with Gasteiger partial charge in [-0.2, -0.15) is 0 Å². The van der Waals surface area contributed by atoms with Gasteiger partial charge in [0.1, 0.15) is 0 Å². The fraction of sp³-hybridized carbons (Fsp3) is 0.286. The molecule has 2 rings (SSSR count). The minimum Gasteiger partial charge on any atom is -0.478 e. The first-order chi connectivity index (χ1) is 9.90. The van der Waals surface area contributed by atoms with E-state index < -0.39 is 15.8 Å². The molecule has 0 radical (unpaired) electrons. The van der Waals surface area contributed by atoms with Crippen molar-refractivity contribution >= 4 is 15.8 Å². The number of carboxylic acid groups (broad SMARTS) is 1. The summed E-state index contributed by atoms with van der Waals surface area (Å²) in [6.07, 6.45) is 5.46. The zero-order valence-electron chi connectivity index (χ0n) is 11.6. The number of rotatable bonds is 6. The molecular formula is C14H16N2O4S. The Balaban J connectivity index is 2.12. The number of aromatic carboxylic acids is 1. The lowest BCUT2D eigenvalue weighted by atomic mass is 10.1. The number of hydrogen-bond acceptors (Lipinski definition) is 4. The molecule has 1 heterocycles. The lowest BCUT2D eigenvalue weighted by Gasteiger charge is -2.07. The number of imidazole rings is 1. The number of carboxylic acids is 1. The van der Waals surface area contributed by atoms with Crippen molar-refractivity contribution in [2.75, 3.05) is 5.75 Å². The number of carbonyl (C=O) groups is 1. The van der Waals surface area contributed by atoms with E-state index in [4.69, 9.17) is 5.11 Å². The van der Waals surface area contributed by atoms with Crippen LogP contribution in [0.3, 0.4) is 0 Å². The van der Waals surface area contributed by atoms with E-state index in [-0.39, 0.29) is 16.2 Å². The second kappa shape index (κ2) is 6.09. The molecule has 0 saturated carbocycles. The smallest absolute Gasteiger partial charge is 0.335 e. The van der Waals surface area contributed by atoms with E-state index >= 15 is 0 Å². The predicted molar refractivity (Wildman–Crippen MR) is 77.0 cm³/mol. The quantitative estimate of drug-likeness (QED) is 0.878. The van der Waals surface area contributed by atoms with E-state index in [0.717, 1.165) is 0 Å². The first-order valence-corrected chi connectivity index (χ1v) is 8.08. The molecule has 7 heteroatoms. The molecule has 0 saturated heterocycles. The fourth-order valence-corrected chi connectivity index (χ4v) is 3.32. The van der Waals surface area contributed by atoms with Crippen molar-refractivity contribution in [3.05, 3.63) is 48.0 Å². The van der Waals surface area contributed by atoms with Crippen LogP contribution in [0.2, 0.25) is 0 Å². The van der Waals surface area contributed by atoms with Crippen molar-refractivity contribution in [3.63, 3.8) is 0 Å². The highest BCUT2D eigenvalue weighted by Crippen LogP contribution is 2.17. The summed E-state index contributed by atoms with van der Waals surface area (Å²) in [7, 11) is -3.48. The number of sulfone groups is 1. The van der Waals surface area contributed by atoms with E-state index in [2.05, 4.69) is 4.98 Å². The first kappa shape index (κ1) is 15.2. The Labute approximate surface area is 123 Å². The molecule has 6 nitrogen and oxygen atoms in total.